The van der Waals surface area contributed by atoms with Crippen molar-refractivity contribution in [2.24, 2.45) is 0 Å². The molecule has 7 heteroatoms. The molecule has 1 N–H and O–H groups in total. The molecule has 0 fully saturated rings. The third-order valence-corrected chi connectivity index (χ3v) is 5.19. The fourth-order valence-corrected chi connectivity index (χ4v) is 3.67. The smallest absolute Gasteiger partial charge is 0.235 e. The first-order valence-corrected chi connectivity index (χ1v) is 9.83. The number of nitrogens with zero attached hydrogens (tertiary/aromatic N) is 1. The van der Waals surface area contributed by atoms with Gasteiger partial charge < -0.3 is 10.1 Å². The van der Waals surface area contributed by atoms with Crippen molar-refractivity contribution in [1.82, 2.24) is 5.32 Å². The molecule has 0 saturated heterocycles. The predicted molar refractivity (Wildman–Crippen MR) is 98.4 cm³/mol. The Morgan fingerprint density at radius 2 is 1.69 bits per heavy atom. The van der Waals surface area contributed by atoms with Gasteiger partial charge in [-0.05, 0) is 41.8 Å². The number of amides is 1. The molecule has 136 valence electrons. The maximum atomic E-state index is 12.1. The van der Waals surface area contributed by atoms with Crippen LogP contribution in [0.2, 0.25) is 0 Å². The molecule has 0 aliphatic rings. The van der Waals surface area contributed by atoms with Crippen molar-refractivity contribution >= 4 is 15.7 Å². The zero-order chi connectivity index (χ0) is 19.0. The topological polar surface area (TPSA) is 96.3 Å². The minimum Gasteiger partial charge on any atom is -0.497 e. The zero-order valence-corrected chi connectivity index (χ0v) is 15.3. The number of methoxy groups -OCH3 is 1. The molecular formula is C19H20N2O4S. The third-order valence-electron chi connectivity index (χ3n) is 3.72. The van der Waals surface area contributed by atoms with Gasteiger partial charge in [-0.1, -0.05) is 24.3 Å². The summed E-state index contributed by atoms with van der Waals surface area (Å²) in [6, 6.07) is 15.7. The van der Waals surface area contributed by atoms with Crippen LogP contribution in [0.1, 0.15) is 16.7 Å². The van der Waals surface area contributed by atoms with Gasteiger partial charge >= 0.3 is 0 Å². The van der Waals surface area contributed by atoms with E-state index in [0.29, 0.717) is 24.1 Å². The molecule has 0 atom stereocenters. The van der Waals surface area contributed by atoms with Gasteiger partial charge in [0.25, 0.3) is 0 Å². The maximum absolute atomic E-state index is 12.1. The number of hydrogen-bond donors (Lipinski definition) is 1. The van der Waals surface area contributed by atoms with Gasteiger partial charge in [0.05, 0.1) is 24.5 Å². The van der Waals surface area contributed by atoms with Gasteiger partial charge in [-0.25, -0.2) is 8.42 Å². The van der Waals surface area contributed by atoms with E-state index in [2.05, 4.69) is 5.32 Å². The Bertz CT molecular complexity index is 883. The quantitative estimate of drug-likeness (QED) is 0.763. The fourth-order valence-electron chi connectivity index (χ4n) is 2.37. The standard InChI is InChI=1S/C19H20N2O4S/c1-25-18-8-6-15(7-9-18)10-11-21-19(22)14-26(23,24)13-17-4-2-16(12-20)3-5-17/h2-9H,10-11,13-14H2,1H3,(H,21,22). The van der Waals surface area contributed by atoms with E-state index in [1.165, 1.54) is 0 Å². The lowest BCUT2D eigenvalue weighted by atomic mass is 10.1. The molecule has 2 aromatic carbocycles. The molecule has 26 heavy (non-hydrogen) atoms. The first kappa shape index (κ1) is 19.5. The van der Waals surface area contributed by atoms with Crippen molar-refractivity contribution in [2.75, 3.05) is 19.4 Å². The molecule has 0 spiro atoms. The summed E-state index contributed by atoms with van der Waals surface area (Å²) in [5.74, 6) is -0.556. The highest BCUT2D eigenvalue weighted by Crippen LogP contribution is 2.11. The van der Waals surface area contributed by atoms with E-state index in [9.17, 15) is 13.2 Å². The summed E-state index contributed by atoms with van der Waals surface area (Å²) in [4.78, 5) is 11.9. The summed E-state index contributed by atoms with van der Waals surface area (Å²) in [5.41, 5.74) is 2.03. The van der Waals surface area contributed by atoms with E-state index in [1.54, 1.807) is 31.4 Å². The minimum atomic E-state index is -3.57. The molecule has 0 unspecified atom stereocenters. The molecular weight excluding hydrogens is 352 g/mol. The van der Waals surface area contributed by atoms with Crippen LogP contribution in [0, 0.1) is 11.3 Å². The molecule has 2 rings (SSSR count). The van der Waals surface area contributed by atoms with E-state index in [1.807, 2.05) is 30.3 Å². The molecule has 0 radical (unpaired) electrons. The van der Waals surface area contributed by atoms with Crippen molar-refractivity contribution in [3.63, 3.8) is 0 Å². The van der Waals surface area contributed by atoms with Crippen molar-refractivity contribution in [1.29, 1.82) is 5.26 Å². The monoisotopic (exact) mass is 372 g/mol. The van der Waals surface area contributed by atoms with Crippen molar-refractivity contribution in [3.05, 3.63) is 65.2 Å². The summed E-state index contributed by atoms with van der Waals surface area (Å²) in [6.07, 6.45) is 0.603. The number of rotatable bonds is 8. The van der Waals surface area contributed by atoms with Crippen LogP contribution < -0.4 is 10.1 Å². The summed E-state index contributed by atoms with van der Waals surface area (Å²) < 4.78 is 29.3. The Morgan fingerprint density at radius 1 is 1.08 bits per heavy atom. The summed E-state index contributed by atoms with van der Waals surface area (Å²) in [5, 5.41) is 11.4. The zero-order valence-electron chi connectivity index (χ0n) is 14.4. The van der Waals surface area contributed by atoms with Crippen LogP contribution in [0.15, 0.2) is 48.5 Å². The molecule has 6 nitrogen and oxygen atoms in total. The minimum absolute atomic E-state index is 0.232. The second-order valence-corrected chi connectivity index (χ2v) is 7.85. The Labute approximate surface area is 153 Å². The van der Waals surface area contributed by atoms with Gasteiger partial charge in [0.2, 0.25) is 5.91 Å². The van der Waals surface area contributed by atoms with Crippen LogP contribution in [-0.2, 0) is 26.8 Å². The molecule has 0 aliphatic carbocycles. The average Bonchev–Trinajstić information content (AvgIpc) is 2.62. The number of nitriles is 1. The van der Waals surface area contributed by atoms with Crippen molar-refractivity contribution in [3.8, 4) is 11.8 Å². The van der Waals surface area contributed by atoms with Crippen LogP contribution in [0.3, 0.4) is 0 Å². The highest BCUT2D eigenvalue weighted by molar-refractivity contribution is 7.91. The van der Waals surface area contributed by atoms with Crippen molar-refractivity contribution < 1.29 is 17.9 Å². The number of carbonyl (C=O) groups is 1. The Kier molecular flexibility index (Phi) is 6.75. The predicted octanol–water partition coefficient (Wildman–Crippen LogP) is 1.84. The van der Waals surface area contributed by atoms with E-state index >= 15 is 0 Å². The van der Waals surface area contributed by atoms with Crippen LogP contribution in [-0.4, -0.2) is 33.7 Å². The van der Waals surface area contributed by atoms with E-state index in [-0.39, 0.29) is 5.75 Å². The number of ether oxygens (including phenoxy) is 1. The second-order valence-electron chi connectivity index (χ2n) is 5.79. The van der Waals surface area contributed by atoms with Gasteiger partial charge in [-0.2, -0.15) is 5.26 Å². The largest absolute Gasteiger partial charge is 0.497 e. The van der Waals surface area contributed by atoms with E-state index in [4.69, 9.17) is 10.00 Å². The molecule has 0 heterocycles. The SMILES string of the molecule is COc1ccc(CCNC(=O)CS(=O)(=O)Cc2ccc(C#N)cc2)cc1. The maximum Gasteiger partial charge on any atom is 0.235 e. The first-order chi connectivity index (χ1) is 12.4. The van der Waals surface area contributed by atoms with Crippen LogP contribution >= 0.6 is 0 Å². The molecule has 0 saturated carbocycles. The van der Waals surface area contributed by atoms with E-state index < -0.39 is 21.5 Å². The third kappa shape index (κ3) is 6.22. The summed E-state index contributed by atoms with van der Waals surface area (Å²) in [7, 11) is -1.98. The first-order valence-electron chi connectivity index (χ1n) is 8.01. The van der Waals surface area contributed by atoms with Crippen molar-refractivity contribution in [2.45, 2.75) is 12.2 Å². The number of nitrogens with one attached hydrogen (secondary N) is 1. The normalized spacial score (nSPS) is 10.8. The number of hydrogen-bond acceptors (Lipinski definition) is 5. The van der Waals surface area contributed by atoms with Crippen LogP contribution in [0.25, 0.3) is 0 Å². The highest BCUT2D eigenvalue weighted by Gasteiger charge is 2.17. The number of sulfone groups is 1. The second kappa shape index (κ2) is 9.02. The Balaban J connectivity index is 1.80. The molecule has 0 aliphatic heterocycles. The molecule has 2 aromatic rings. The Hall–Kier alpha value is -2.85. The molecule has 1 amide bonds. The number of benzene rings is 2. The van der Waals surface area contributed by atoms with Gasteiger partial charge in [0.15, 0.2) is 9.84 Å². The molecule has 0 aromatic heterocycles. The summed E-state index contributed by atoms with van der Waals surface area (Å²) in [6.45, 7) is 0.359. The Morgan fingerprint density at radius 3 is 2.27 bits per heavy atom. The highest BCUT2D eigenvalue weighted by atomic mass is 32.2. The van der Waals surface area contributed by atoms with Crippen LogP contribution in [0.5, 0.6) is 5.75 Å². The number of carbonyl (C=O) groups excluding carboxylic acids is 1. The van der Waals surface area contributed by atoms with Gasteiger partial charge in [0, 0.05) is 6.54 Å². The van der Waals surface area contributed by atoms with Gasteiger partial charge in [-0.15, -0.1) is 0 Å². The summed E-state index contributed by atoms with van der Waals surface area (Å²) >= 11 is 0. The van der Waals surface area contributed by atoms with Crippen LogP contribution in [0.4, 0.5) is 0 Å². The lowest BCUT2D eigenvalue weighted by Gasteiger charge is -2.07. The lowest BCUT2D eigenvalue weighted by molar-refractivity contribution is -0.118. The molecule has 0 bridgehead atoms. The van der Waals surface area contributed by atoms with E-state index in [0.717, 1.165) is 11.3 Å². The average molecular weight is 372 g/mol. The lowest BCUT2D eigenvalue weighted by Crippen LogP contribution is -2.32. The van der Waals surface area contributed by atoms with Gasteiger partial charge in [0.1, 0.15) is 11.5 Å². The fraction of sp³-hybridized carbons (Fsp3) is 0.263. The van der Waals surface area contributed by atoms with Gasteiger partial charge in [-0.3, -0.25) is 4.79 Å².